The number of carbonyl (C=O) groups excluding carboxylic acids is 1. The van der Waals surface area contributed by atoms with Gasteiger partial charge in [-0.1, -0.05) is 0 Å². The Hall–Kier alpha value is -1.37. The van der Waals surface area contributed by atoms with E-state index in [0.29, 0.717) is 32.1 Å². The van der Waals surface area contributed by atoms with Gasteiger partial charge in [0.2, 0.25) is 5.95 Å². The van der Waals surface area contributed by atoms with Crippen molar-refractivity contribution in [2.75, 3.05) is 31.1 Å². The molecule has 0 N–H and O–H groups in total. The molecule has 0 aromatic carbocycles. The third-order valence-electron chi connectivity index (χ3n) is 3.12. The Morgan fingerprint density at radius 2 is 1.90 bits per heavy atom. The lowest BCUT2D eigenvalue weighted by Crippen LogP contribution is -2.50. The predicted octanol–water partition coefficient (Wildman–Crippen LogP) is 2.60. The van der Waals surface area contributed by atoms with Gasteiger partial charge >= 0.3 is 6.09 Å². The van der Waals surface area contributed by atoms with Crippen LogP contribution in [-0.4, -0.2) is 52.7 Å². The first kappa shape index (κ1) is 16.0. The van der Waals surface area contributed by atoms with Crippen LogP contribution in [0, 0.1) is 6.92 Å². The highest BCUT2D eigenvalue weighted by Gasteiger charge is 2.26. The van der Waals surface area contributed by atoms with Crippen LogP contribution in [0.15, 0.2) is 10.7 Å². The molecule has 1 aliphatic heterocycles. The van der Waals surface area contributed by atoms with Gasteiger partial charge in [-0.05, 0) is 43.6 Å². The fraction of sp³-hybridized carbons (Fsp3) is 0.643. The molecule has 0 radical (unpaired) electrons. The highest BCUT2D eigenvalue weighted by molar-refractivity contribution is 9.10. The van der Waals surface area contributed by atoms with Gasteiger partial charge in [-0.15, -0.1) is 0 Å². The van der Waals surface area contributed by atoms with E-state index in [1.165, 1.54) is 0 Å². The van der Waals surface area contributed by atoms with Gasteiger partial charge < -0.3 is 14.5 Å². The molecule has 0 aliphatic carbocycles. The Balaban J connectivity index is 1.94. The van der Waals surface area contributed by atoms with Crippen molar-refractivity contribution in [2.45, 2.75) is 33.3 Å². The first-order valence-electron chi connectivity index (χ1n) is 6.98. The third-order valence-corrected chi connectivity index (χ3v) is 3.90. The van der Waals surface area contributed by atoms with Gasteiger partial charge in [0.05, 0.1) is 10.2 Å². The minimum atomic E-state index is -0.458. The van der Waals surface area contributed by atoms with E-state index in [1.54, 1.807) is 11.1 Å². The number of anilines is 1. The van der Waals surface area contributed by atoms with Crippen LogP contribution < -0.4 is 4.90 Å². The van der Waals surface area contributed by atoms with Crippen LogP contribution in [0.5, 0.6) is 0 Å². The number of ether oxygens (including phenoxy) is 1. The number of nitrogens with zero attached hydrogens (tertiary/aromatic N) is 4. The molecule has 0 atom stereocenters. The van der Waals surface area contributed by atoms with Crippen molar-refractivity contribution in [2.24, 2.45) is 0 Å². The number of aromatic nitrogens is 2. The summed E-state index contributed by atoms with van der Waals surface area (Å²) >= 11 is 3.40. The summed E-state index contributed by atoms with van der Waals surface area (Å²) in [5.41, 5.74) is 0.453. The summed E-state index contributed by atoms with van der Waals surface area (Å²) in [6, 6.07) is 0. The minimum Gasteiger partial charge on any atom is -0.444 e. The van der Waals surface area contributed by atoms with E-state index in [2.05, 4.69) is 30.8 Å². The highest BCUT2D eigenvalue weighted by Crippen LogP contribution is 2.18. The van der Waals surface area contributed by atoms with Crippen molar-refractivity contribution in [3.63, 3.8) is 0 Å². The van der Waals surface area contributed by atoms with E-state index in [-0.39, 0.29) is 6.09 Å². The molecule has 1 amide bonds. The van der Waals surface area contributed by atoms with Crippen molar-refractivity contribution in [3.05, 3.63) is 16.4 Å². The maximum Gasteiger partial charge on any atom is 0.410 e. The Morgan fingerprint density at radius 1 is 1.29 bits per heavy atom. The zero-order valence-corrected chi connectivity index (χ0v) is 14.5. The summed E-state index contributed by atoms with van der Waals surface area (Å²) in [4.78, 5) is 24.6. The summed E-state index contributed by atoms with van der Waals surface area (Å²) in [6.45, 7) is 10.2. The Kier molecular flexibility index (Phi) is 4.70. The molecule has 0 spiro atoms. The number of piperazine rings is 1. The SMILES string of the molecule is Cc1nc(N2CCN(C(=O)OC(C)(C)C)CC2)ncc1Br. The molecule has 0 saturated carbocycles. The maximum absolute atomic E-state index is 12.0. The normalized spacial score (nSPS) is 16.0. The molecule has 2 heterocycles. The zero-order chi connectivity index (χ0) is 15.6. The monoisotopic (exact) mass is 356 g/mol. The van der Waals surface area contributed by atoms with E-state index >= 15 is 0 Å². The second kappa shape index (κ2) is 6.17. The lowest BCUT2D eigenvalue weighted by Gasteiger charge is -2.35. The standard InChI is InChI=1S/C14H21BrN4O2/c1-10-11(15)9-16-12(17-10)18-5-7-19(8-6-18)13(20)21-14(2,3)4/h9H,5-8H2,1-4H3. The number of amides is 1. The first-order valence-corrected chi connectivity index (χ1v) is 7.77. The number of halogens is 1. The number of rotatable bonds is 1. The average Bonchev–Trinajstić information content (AvgIpc) is 2.40. The molecule has 2 rings (SSSR count). The molecular weight excluding hydrogens is 336 g/mol. The van der Waals surface area contributed by atoms with Gasteiger partial charge in [-0.2, -0.15) is 0 Å². The molecule has 0 unspecified atom stereocenters. The summed E-state index contributed by atoms with van der Waals surface area (Å²) < 4.78 is 6.29. The Bertz CT molecular complexity index is 522. The van der Waals surface area contributed by atoms with Crippen molar-refractivity contribution in [3.8, 4) is 0 Å². The quantitative estimate of drug-likeness (QED) is 0.773. The smallest absolute Gasteiger partial charge is 0.410 e. The zero-order valence-electron chi connectivity index (χ0n) is 12.9. The van der Waals surface area contributed by atoms with Crippen LogP contribution in [0.3, 0.4) is 0 Å². The second-order valence-electron chi connectivity index (χ2n) is 6.06. The van der Waals surface area contributed by atoms with Gasteiger partial charge in [0, 0.05) is 32.4 Å². The van der Waals surface area contributed by atoms with Crippen LogP contribution in [0.1, 0.15) is 26.5 Å². The van der Waals surface area contributed by atoms with E-state index in [9.17, 15) is 4.79 Å². The third kappa shape index (κ3) is 4.30. The number of hydrogen-bond acceptors (Lipinski definition) is 5. The van der Waals surface area contributed by atoms with Crippen molar-refractivity contribution >= 4 is 28.0 Å². The molecule has 1 aromatic heterocycles. The Labute approximate surface area is 133 Å². The number of carbonyl (C=O) groups is 1. The molecule has 7 heteroatoms. The van der Waals surface area contributed by atoms with Crippen molar-refractivity contribution in [1.82, 2.24) is 14.9 Å². The van der Waals surface area contributed by atoms with E-state index in [4.69, 9.17) is 4.74 Å². The van der Waals surface area contributed by atoms with Crippen LogP contribution >= 0.6 is 15.9 Å². The van der Waals surface area contributed by atoms with Crippen LogP contribution in [0.4, 0.5) is 10.7 Å². The van der Waals surface area contributed by atoms with Gasteiger partial charge in [-0.25, -0.2) is 14.8 Å². The van der Waals surface area contributed by atoms with Gasteiger partial charge in [0.1, 0.15) is 5.60 Å². The summed E-state index contributed by atoms with van der Waals surface area (Å²) in [7, 11) is 0. The largest absolute Gasteiger partial charge is 0.444 e. The molecule has 1 aliphatic rings. The molecular formula is C14H21BrN4O2. The van der Waals surface area contributed by atoms with Crippen LogP contribution in [0.2, 0.25) is 0 Å². The number of hydrogen-bond donors (Lipinski definition) is 0. The van der Waals surface area contributed by atoms with Crippen LogP contribution in [-0.2, 0) is 4.74 Å². The summed E-state index contributed by atoms with van der Waals surface area (Å²) in [6.07, 6.45) is 1.51. The second-order valence-corrected chi connectivity index (χ2v) is 6.91. The van der Waals surface area contributed by atoms with E-state index < -0.39 is 5.60 Å². The van der Waals surface area contributed by atoms with Crippen molar-refractivity contribution < 1.29 is 9.53 Å². The Morgan fingerprint density at radius 3 is 2.43 bits per heavy atom. The maximum atomic E-state index is 12.0. The van der Waals surface area contributed by atoms with E-state index in [0.717, 1.165) is 10.2 Å². The fourth-order valence-corrected chi connectivity index (χ4v) is 2.20. The molecule has 1 saturated heterocycles. The van der Waals surface area contributed by atoms with Crippen LogP contribution in [0.25, 0.3) is 0 Å². The highest BCUT2D eigenvalue weighted by atomic mass is 79.9. The molecule has 6 nitrogen and oxygen atoms in total. The van der Waals surface area contributed by atoms with Gasteiger partial charge in [0.15, 0.2) is 0 Å². The number of aryl methyl sites for hydroxylation is 1. The summed E-state index contributed by atoms with van der Waals surface area (Å²) in [5, 5.41) is 0. The lowest BCUT2D eigenvalue weighted by atomic mass is 10.2. The molecule has 116 valence electrons. The average molecular weight is 357 g/mol. The molecule has 0 bridgehead atoms. The fourth-order valence-electron chi connectivity index (χ4n) is 2.01. The molecule has 1 fully saturated rings. The topological polar surface area (TPSA) is 58.6 Å². The lowest BCUT2D eigenvalue weighted by molar-refractivity contribution is 0.0240. The summed E-state index contributed by atoms with van der Waals surface area (Å²) in [5.74, 6) is 0.708. The van der Waals surface area contributed by atoms with Crippen molar-refractivity contribution in [1.29, 1.82) is 0 Å². The van der Waals surface area contributed by atoms with Gasteiger partial charge in [-0.3, -0.25) is 0 Å². The molecule has 1 aromatic rings. The predicted molar refractivity (Wildman–Crippen MR) is 84.5 cm³/mol. The first-order chi connectivity index (χ1) is 9.76. The van der Waals surface area contributed by atoms with E-state index in [1.807, 2.05) is 27.7 Å². The molecule has 21 heavy (non-hydrogen) atoms. The van der Waals surface area contributed by atoms with Gasteiger partial charge in [0.25, 0.3) is 0 Å². The minimum absolute atomic E-state index is 0.255.